The minimum absolute atomic E-state index is 0.248. The molecule has 0 unspecified atom stereocenters. The first-order chi connectivity index (χ1) is 13.7. The Hall–Kier alpha value is -2.58. The van der Waals surface area contributed by atoms with E-state index in [1.54, 1.807) is 6.07 Å². The average Bonchev–Trinajstić information content (AvgIpc) is 2.67. The zero-order valence-corrected chi connectivity index (χ0v) is 18.4. The van der Waals surface area contributed by atoms with Crippen LogP contribution in [0.15, 0.2) is 42.5 Å². The molecule has 0 fully saturated rings. The molecule has 0 aliphatic rings. The third kappa shape index (κ3) is 5.71. The van der Waals surface area contributed by atoms with Gasteiger partial charge in [-0.1, -0.05) is 30.3 Å². The van der Waals surface area contributed by atoms with Crippen LogP contribution in [0, 0.1) is 13.8 Å². The number of amides is 1. The van der Waals surface area contributed by atoms with E-state index in [-0.39, 0.29) is 13.1 Å². The maximum absolute atomic E-state index is 12.9. The second kappa shape index (κ2) is 9.76. The van der Waals surface area contributed by atoms with E-state index in [2.05, 4.69) is 5.32 Å². The maximum Gasteiger partial charge on any atom is 0.304 e. The quantitative estimate of drug-likeness (QED) is 0.678. The number of hydrogen-bond donors (Lipinski definition) is 1. The molecule has 158 valence electrons. The summed E-state index contributed by atoms with van der Waals surface area (Å²) in [6.45, 7) is 6.05. The van der Waals surface area contributed by atoms with E-state index in [9.17, 15) is 13.2 Å². The van der Waals surface area contributed by atoms with Crippen LogP contribution in [-0.2, 0) is 21.5 Å². The van der Waals surface area contributed by atoms with Crippen molar-refractivity contribution in [2.45, 2.75) is 27.3 Å². The van der Waals surface area contributed by atoms with Gasteiger partial charge in [-0.25, -0.2) is 4.31 Å². The Morgan fingerprint density at radius 2 is 1.79 bits per heavy atom. The highest BCUT2D eigenvalue weighted by molar-refractivity contribution is 7.90. The zero-order chi connectivity index (χ0) is 21.6. The van der Waals surface area contributed by atoms with Gasteiger partial charge in [0, 0.05) is 26.2 Å². The minimum atomic E-state index is -3.84. The number of carbonyl (C=O) groups excluding carboxylic acids is 1. The summed E-state index contributed by atoms with van der Waals surface area (Å²) in [5, 5.41) is 2.80. The highest BCUT2D eigenvalue weighted by atomic mass is 32.2. The van der Waals surface area contributed by atoms with E-state index in [1.807, 2.05) is 57.2 Å². The Morgan fingerprint density at radius 3 is 2.45 bits per heavy atom. The number of rotatable bonds is 9. The molecule has 1 N–H and O–H groups in total. The lowest BCUT2D eigenvalue weighted by Gasteiger charge is -2.28. The Kier molecular flexibility index (Phi) is 7.64. The summed E-state index contributed by atoms with van der Waals surface area (Å²) < 4.78 is 33.6. The molecule has 0 spiro atoms. The predicted octanol–water partition coefficient (Wildman–Crippen LogP) is 2.63. The fourth-order valence-corrected chi connectivity index (χ4v) is 3.92. The van der Waals surface area contributed by atoms with Crippen LogP contribution in [0.4, 0.5) is 5.69 Å². The highest BCUT2D eigenvalue weighted by Gasteiger charge is 2.28. The zero-order valence-electron chi connectivity index (χ0n) is 17.6. The predicted molar refractivity (Wildman–Crippen MR) is 115 cm³/mol. The van der Waals surface area contributed by atoms with Crippen molar-refractivity contribution in [2.75, 3.05) is 31.6 Å². The topological polar surface area (TPSA) is 79.0 Å². The van der Waals surface area contributed by atoms with Gasteiger partial charge in [-0.15, -0.1) is 0 Å². The molecule has 29 heavy (non-hydrogen) atoms. The fraction of sp³-hybridized carbons (Fsp3) is 0.381. The number of nitrogens with zero attached hydrogens (tertiary/aromatic N) is 2. The molecule has 0 aliphatic heterocycles. The Labute approximate surface area is 173 Å². The van der Waals surface area contributed by atoms with Crippen molar-refractivity contribution < 1.29 is 17.9 Å². The van der Waals surface area contributed by atoms with Crippen molar-refractivity contribution in [1.82, 2.24) is 9.62 Å². The summed E-state index contributed by atoms with van der Waals surface area (Å²) in [7, 11) is -0.949. The van der Waals surface area contributed by atoms with Crippen molar-refractivity contribution in [2.24, 2.45) is 0 Å². The van der Waals surface area contributed by atoms with Crippen LogP contribution >= 0.6 is 0 Å². The summed E-state index contributed by atoms with van der Waals surface area (Å²) in [5.74, 6) is 0.297. The molecule has 0 radical (unpaired) electrons. The van der Waals surface area contributed by atoms with E-state index in [0.717, 1.165) is 25.3 Å². The van der Waals surface area contributed by atoms with Gasteiger partial charge in [0.1, 0.15) is 12.3 Å². The van der Waals surface area contributed by atoms with Gasteiger partial charge >= 0.3 is 10.2 Å². The SMILES string of the molecule is CCOc1ccccc1CNC(=O)CN(c1cc(C)ccc1C)S(=O)(=O)N(C)C. The Balaban J connectivity index is 2.23. The molecule has 0 bridgehead atoms. The van der Waals surface area contributed by atoms with E-state index >= 15 is 0 Å². The minimum Gasteiger partial charge on any atom is -0.494 e. The van der Waals surface area contributed by atoms with E-state index < -0.39 is 16.1 Å². The Bertz CT molecular complexity index is 958. The normalized spacial score (nSPS) is 11.4. The van der Waals surface area contributed by atoms with E-state index in [1.165, 1.54) is 14.1 Å². The number of anilines is 1. The lowest BCUT2D eigenvalue weighted by atomic mass is 10.1. The van der Waals surface area contributed by atoms with Gasteiger partial charge < -0.3 is 10.1 Å². The number of hydrogen-bond acceptors (Lipinski definition) is 4. The van der Waals surface area contributed by atoms with Gasteiger partial charge in [0.25, 0.3) is 0 Å². The van der Waals surface area contributed by atoms with Crippen LogP contribution in [0.5, 0.6) is 5.75 Å². The molecular formula is C21H29N3O4S. The molecule has 0 saturated carbocycles. The number of carbonyl (C=O) groups is 1. The van der Waals surface area contributed by atoms with E-state index in [0.29, 0.717) is 18.0 Å². The van der Waals surface area contributed by atoms with Crippen LogP contribution in [0.2, 0.25) is 0 Å². The van der Waals surface area contributed by atoms with Crippen molar-refractivity contribution >= 4 is 21.8 Å². The molecule has 7 nitrogen and oxygen atoms in total. The molecule has 0 aliphatic carbocycles. The van der Waals surface area contributed by atoms with Gasteiger partial charge in [0.2, 0.25) is 5.91 Å². The second-order valence-electron chi connectivity index (χ2n) is 6.90. The number of para-hydroxylation sites is 1. The van der Waals surface area contributed by atoms with Crippen LogP contribution < -0.4 is 14.4 Å². The lowest BCUT2D eigenvalue weighted by Crippen LogP contribution is -2.46. The Morgan fingerprint density at radius 1 is 1.10 bits per heavy atom. The van der Waals surface area contributed by atoms with Gasteiger partial charge in [-0.05, 0) is 44.0 Å². The van der Waals surface area contributed by atoms with Crippen LogP contribution in [0.3, 0.4) is 0 Å². The molecule has 2 aromatic rings. The highest BCUT2D eigenvalue weighted by Crippen LogP contribution is 2.25. The lowest BCUT2D eigenvalue weighted by molar-refractivity contribution is -0.119. The molecule has 8 heteroatoms. The summed E-state index contributed by atoms with van der Waals surface area (Å²) >= 11 is 0. The van der Waals surface area contributed by atoms with Crippen LogP contribution in [0.1, 0.15) is 23.6 Å². The van der Waals surface area contributed by atoms with Gasteiger partial charge in [0.05, 0.1) is 12.3 Å². The van der Waals surface area contributed by atoms with Gasteiger partial charge in [0.15, 0.2) is 0 Å². The van der Waals surface area contributed by atoms with Crippen LogP contribution in [-0.4, -0.2) is 45.9 Å². The summed E-state index contributed by atoms with van der Waals surface area (Å²) in [4.78, 5) is 12.7. The first-order valence-corrected chi connectivity index (χ1v) is 10.8. The molecule has 0 heterocycles. The first-order valence-electron chi connectivity index (χ1n) is 9.41. The number of aryl methyl sites for hydroxylation is 2. The van der Waals surface area contributed by atoms with Crippen molar-refractivity contribution in [3.05, 3.63) is 59.2 Å². The molecule has 2 aromatic carbocycles. The third-order valence-corrected chi connectivity index (χ3v) is 6.21. The first kappa shape index (κ1) is 22.7. The van der Waals surface area contributed by atoms with Gasteiger partial charge in [-0.2, -0.15) is 12.7 Å². The largest absolute Gasteiger partial charge is 0.494 e. The van der Waals surface area contributed by atoms with Crippen LogP contribution in [0.25, 0.3) is 0 Å². The van der Waals surface area contributed by atoms with E-state index in [4.69, 9.17) is 4.74 Å². The summed E-state index contributed by atoms with van der Waals surface area (Å²) in [6.07, 6.45) is 0. The van der Waals surface area contributed by atoms with Crippen molar-refractivity contribution in [1.29, 1.82) is 0 Å². The maximum atomic E-state index is 12.9. The average molecular weight is 420 g/mol. The molecule has 1 amide bonds. The number of benzene rings is 2. The van der Waals surface area contributed by atoms with Crippen molar-refractivity contribution in [3.63, 3.8) is 0 Å². The van der Waals surface area contributed by atoms with Gasteiger partial charge in [-0.3, -0.25) is 4.79 Å². The molecule has 0 saturated heterocycles. The molecule has 0 aromatic heterocycles. The monoisotopic (exact) mass is 419 g/mol. The number of nitrogens with one attached hydrogen (secondary N) is 1. The fourth-order valence-electron chi connectivity index (χ4n) is 2.80. The summed E-state index contributed by atoms with van der Waals surface area (Å²) in [5.41, 5.74) is 3.01. The standard InChI is InChI=1S/C21H29N3O4S/c1-6-28-20-10-8-7-9-18(20)14-22-21(25)15-24(29(26,27)23(4)5)19-13-16(2)11-12-17(19)3/h7-13H,6,14-15H2,1-5H3,(H,22,25). The molecule has 2 rings (SSSR count). The number of ether oxygens (including phenoxy) is 1. The summed E-state index contributed by atoms with van der Waals surface area (Å²) in [6, 6.07) is 13.0. The molecular weight excluding hydrogens is 390 g/mol. The van der Waals surface area contributed by atoms with Crippen molar-refractivity contribution in [3.8, 4) is 5.75 Å². The second-order valence-corrected chi connectivity index (χ2v) is 8.97. The molecule has 0 atom stereocenters. The third-order valence-electron chi connectivity index (χ3n) is 4.41. The smallest absolute Gasteiger partial charge is 0.304 e.